The maximum Gasteiger partial charge on any atom is 0.238 e. The van der Waals surface area contributed by atoms with E-state index >= 15 is 0 Å². The van der Waals surface area contributed by atoms with Crippen LogP contribution in [-0.4, -0.2) is 36.4 Å². The first-order valence-corrected chi connectivity index (χ1v) is 11.3. The molecule has 1 aromatic carbocycles. The van der Waals surface area contributed by atoms with Crippen molar-refractivity contribution in [2.75, 3.05) is 7.11 Å². The minimum Gasteiger partial charge on any atom is -0.479 e. The van der Waals surface area contributed by atoms with Gasteiger partial charge < -0.3 is 9.30 Å². The number of hydrogen-bond acceptors (Lipinski definition) is 5. The van der Waals surface area contributed by atoms with Crippen LogP contribution in [0.25, 0.3) is 17.8 Å². The normalized spacial score (nSPS) is 15.8. The molecule has 1 aliphatic heterocycles. The number of imidazole rings is 1. The quantitative estimate of drug-likeness (QED) is 0.392. The molecule has 1 aliphatic rings. The third kappa shape index (κ3) is 3.98. The average molecular weight is 491 g/mol. The van der Waals surface area contributed by atoms with Crippen LogP contribution in [-0.2, 0) is 6.54 Å². The first-order chi connectivity index (χ1) is 15.6. The van der Waals surface area contributed by atoms with Gasteiger partial charge in [0.2, 0.25) is 5.88 Å². The number of halogens is 1. The molecule has 4 heterocycles. The molecule has 0 amide bonds. The zero-order valence-electron chi connectivity index (χ0n) is 17.9. The smallest absolute Gasteiger partial charge is 0.238 e. The molecule has 4 aromatic rings. The van der Waals surface area contributed by atoms with Crippen LogP contribution in [0.5, 0.6) is 5.88 Å². The highest BCUT2D eigenvalue weighted by molar-refractivity contribution is 9.10. The van der Waals surface area contributed by atoms with Gasteiger partial charge >= 0.3 is 0 Å². The van der Waals surface area contributed by atoms with Crippen LogP contribution in [0, 0.1) is 6.92 Å². The summed E-state index contributed by atoms with van der Waals surface area (Å²) in [6, 6.07) is 12.3. The van der Waals surface area contributed by atoms with Gasteiger partial charge in [-0.2, -0.15) is 5.10 Å². The van der Waals surface area contributed by atoms with E-state index in [1.165, 1.54) is 5.56 Å². The van der Waals surface area contributed by atoms with Crippen molar-refractivity contribution in [3.8, 4) is 11.6 Å². The van der Waals surface area contributed by atoms with Gasteiger partial charge in [-0.3, -0.25) is 0 Å². The fourth-order valence-corrected chi connectivity index (χ4v) is 4.65. The molecule has 8 heteroatoms. The SMILES string of the molecule is COc1nc(/C=C/c2nc3n(n2)CCC[C@H]3c2ccccc2Br)ccc1-n1cnc(C)c1. The molecular weight excluding hydrogens is 468 g/mol. The topological polar surface area (TPSA) is 70.7 Å². The summed E-state index contributed by atoms with van der Waals surface area (Å²) in [7, 11) is 1.62. The van der Waals surface area contributed by atoms with Crippen molar-refractivity contribution in [3.05, 3.63) is 82.0 Å². The van der Waals surface area contributed by atoms with Crippen LogP contribution in [0.1, 0.15) is 47.4 Å². The second-order valence-electron chi connectivity index (χ2n) is 7.79. The van der Waals surface area contributed by atoms with E-state index in [0.717, 1.165) is 46.8 Å². The van der Waals surface area contributed by atoms with Crippen LogP contribution >= 0.6 is 15.9 Å². The molecule has 32 heavy (non-hydrogen) atoms. The molecule has 0 aliphatic carbocycles. The molecule has 0 N–H and O–H groups in total. The maximum absolute atomic E-state index is 5.51. The van der Waals surface area contributed by atoms with E-state index in [-0.39, 0.29) is 5.92 Å². The summed E-state index contributed by atoms with van der Waals surface area (Å²) in [4.78, 5) is 13.7. The van der Waals surface area contributed by atoms with Crippen LogP contribution < -0.4 is 4.74 Å². The average Bonchev–Trinajstić information content (AvgIpc) is 3.43. The molecule has 0 fully saturated rings. The molecule has 0 saturated heterocycles. The van der Waals surface area contributed by atoms with E-state index in [4.69, 9.17) is 14.8 Å². The van der Waals surface area contributed by atoms with Gasteiger partial charge in [-0.25, -0.2) is 19.6 Å². The van der Waals surface area contributed by atoms with Gasteiger partial charge in [0.25, 0.3) is 0 Å². The van der Waals surface area contributed by atoms with Gasteiger partial charge in [0, 0.05) is 23.1 Å². The first-order valence-electron chi connectivity index (χ1n) is 10.6. The summed E-state index contributed by atoms with van der Waals surface area (Å²) in [5, 5.41) is 4.71. The van der Waals surface area contributed by atoms with Gasteiger partial charge in [0.1, 0.15) is 11.5 Å². The summed E-state index contributed by atoms with van der Waals surface area (Å²) in [5.74, 6) is 2.48. The Morgan fingerprint density at radius 2 is 2.00 bits per heavy atom. The molecule has 0 unspecified atom stereocenters. The van der Waals surface area contributed by atoms with Crippen molar-refractivity contribution < 1.29 is 4.74 Å². The minimum absolute atomic E-state index is 0.241. The molecule has 0 bridgehead atoms. The Morgan fingerprint density at radius 1 is 1.12 bits per heavy atom. The largest absolute Gasteiger partial charge is 0.479 e. The number of aryl methyl sites for hydroxylation is 2. The maximum atomic E-state index is 5.51. The number of hydrogen-bond donors (Lipinski definition) is 0. The van der Waals surface area contributed by atoms with E-state index in [1.54, 1.807) is 13.4 Å². The van der Waals surface area contributed by atoms with Gasteiger partial charge in [-0.15, -0.1) is 0 Å². The van der Waals surface area contributed by atoms with Crippen molar-refractivity contribution >= 4 is 28.1 Å². The Hall–Kier alpha value is -3.26. The monoisotopic (exact) mass is 490 g/mol. The second-order valence-corrected chi connectivity index (χ2v) is 8.64. The van der Waals surface area contributed by atoms with Gasteiger partial charge in [-0.1, -0.05) is 34.1 Å². The fourth-order valence-electron chi connectivity index (χ4n) is 4.09. The van der Waals surface area contributed by atoms with E-state index in [0.29, 0.717) is 11.7 Å². The van der Waals surface area contributed by atoms with Crippen LogP contribution in [0.4, 0.5) is 0 Å². The summed E-state index contributed by atoms with van der Waals surface area (Å²) in [6.07, 6.45) is 9.67. The van der Waals surface area contributed by atoms with E-state index in [9.17, 15) is 0 Å². The number of pyridine rings is 1. The van der Waals surface area contributed by atoms with Gasteiger partial charge in [-0.05, 0) is 55.7 Å². The number of fused-ring (bicyclic) bond motifs is 1. The first kappa shape index (κ1) is 20.6. The molecule has 0 spiro atoms. The van der Waals surface area contributed by atoms with E-state index < -0.39 is 0 Å². The standard InChI is InChI=1S/C24H23BrN6O/c1-16-14-30(15-26-16)21-11-9-17(27-24(21)32-2)10-12-22-28-23-19(7-5-13-31(23)29-22)18-6-3-4-8-20(18)25/h3-4,6,8-12,14-15,19H,5,7,13H2,1-2H3/b12-10+/t19-/m0/s1. The van der Waals surface area contributed by atoms with Crippen molar-refractivity contribution in [1.82, 2.24) is 29.3 Å². The van der Waals surface area contributed by atoms with E-state index in [1.807, 2.05) is 52.7 Å². The predicted molar refractivity (Wildman–Crippen MR) is 127 cm³/mol. The van der Waals surface area contributed by atoms with Crippen molar-refractivity contribution in [2.45, 2.75) is 32.2 Å². The Morgan fingerprint density at radius 3 is 2.78 bits per heavy atom. The molecule has 1 atom stereocenters. The summed E-state index contributed by atoms with van der Waals surface area (Å²) in [6.45, 7) is 2.84. The Balaban J connectivity index is 1.42. The highest BCUT2D eigenvalue weighted by Gasteiger charge is 2.26. The molecule has 0 saturated carbocycles. The molecule has 3 aromatic heterocycles. The van der Waals surface area contributed by atoms with Crippen LogP contribution in [0.2, 0.25) is 0 Å². The lowest BCUT2D eigenvalue weighted by Gasteiger charge is -2.23. The molecular formula is C24H23BrN6O. The molecule has 7 nitrogen and oxygen atoms in total. The predicted octanol–water partition coefficient (Wildman–Crippen LogP) is 5.03. The highest BCUT2D eigenvalue weighted by Crippen LogP contribution is 2.36. The summed E-state index contributed by atoms with van der Waals surface area (Å²) >= 11 is 3.69. The van der Waals surface area contributed by atoms with Crippen molar-refractivity contribution in [1.29, 1.82) is 0 Å². The minimum atomic E-state index is 0.241. The molecule has 162 valence electrons. The third-order valence-corrected chi connectivity index (χ3v) is 6.34. The van der Waals surface area contributed by atoms with Crippen molar-refractivity contribution in [3.63, 3.8) is 0 Å². The second kappa shape index (κ2) is 8.70. The number of ether oxygens (including phenoxy) is 1. The highest BCUT2D eigenvalue weighted by atomic mass is 79.9. The number of aromatic nitrogens is 6. The number of methoxy groups -OCH3 is 1. The molecule has 0 radical (unpaired) electrons. The van der Waals surface area contributed by atoms with Gasteiger partial charge in [0.05, 0.1) is 24.8 Å². The van der Waals surface area contributed by atoms with Gasteiger partial charge in [0.15, 0.2) is 5.82 Å². The van der Waals surface area contributed by atoms with E-state index in [2.05, 4.69) is 44.1 Å². The number of rotatable bonds is 5. The Bertz CT molecular complexity index is 1290. The van der Waals surface area contributed by atoms with Crippen molar-refractivity contribution in [2.24, 2.45) is 0 Å². The lowest BCUT2D eigenvalue weighted by molar-refractivity contribution is 0.395. The zero-order chi connectivity index (χ0) is 22.1. The Kier molecular flexibility index (Phi) is 5.61. The lowest BCUT2D eigenvalue weighted by atomic mass is 9.91. The lowest BCUT2D eigenvalue weighted by Crippen LogP contribution is -2.18. The Labute approximate surface area is 194 Å². The number of nitrogens with zero attached hydrogens (tertiary/aromatic N) is 6. The van der Waals surface area contributed by atoms with Crippen LogP contribution in [0.3, 0.4) is 0 Å². The third-order valence-electron chi connectivity index (χ3n) is 5.62. The fraction of sp³-hybridized carbons (Fsp3) is 0.250. The summed E-state index contributed by atoms with van der Waals surface area (Å²) in [5.41, 5.74) is 3.81. The summed E-state index contributed by atoms with van der Waals surface area (Å²) < 4.78 is 10.6. The zero-order valence-corrected chi connectivity index (χ0v) is 19.5. The van der Waals surface area contributed by atoms with Crippen LogP contribution in [0.15, 0.2) is 53.4 Å². The number of benzene rings is 1. The molecule has 5 rings (SSSR count).